The first kappa shape index (κ1) is 14.5. The van der Waals surface area contributed by atoms with Gasteiger partial charge in [-0.25, -0.2) is 9.59 Å². The lowest BCUT2D eigenvalue weighted by Gasteiger charge is -2.21. The molecule has 1 aliphatic heterocycles. The highest BCUT2D eigenvalue weighted by molar-refractivity contribution is 8.06. The summed E-state index contributed by atoms with van der Waals surface area (Å²) in [5.41, 5.74) is 0. The molecule has 2 amide bonds. The number of carbonyl (C=O) groups is 2. The maximum Gasteiger partial charge on any atom is 0.334 e. The Balaban J connectivity index is 2.10. The van der Waals surface area contributed by atoms with Gasteiger partial charge in [-0.1, -0.05) is 0 Å². The molecule has 17 heavy (non-hydrogen) atoms. The lowest BCUT2D eigenvalue weighted by molar-refractivity contribution is -0.146. The molecule has 1 aliphatic rings. The van der Waals surface area contributed by atoms with Crippen molar-refractivity contribution >= 4 is 35.5 Å². The average molecular weight is 280 g/mol. The van der Waals surface area contributed by atoms with Crippen molar-refractivity contribution in [3.05, 3.63) is 0 Å². The van der Waals surface area contributed by atoms with Crippen molar-refractivity contribution < 1.29 is 19.8 Å². The number of aliphatic hydroxyl groups excluding tert-OH is 1. The summed E-state index contributed by atoms with van der Waals surface area (Å²) in [6, 6.07) is -0.443. The number of hydrogen-bond acceptors (Lipinski definition) is 5. The molecule has 2 unspecified atom stereocenters. The Hall–Kier alpha value is -0.600. The molecule has 6 nitrogen and oxygen atoms in total. The number of urea groups is 1. The van der Waals surface area contributed by atoms with Crippen molar-refractivity contribution in [3.8, 4) is 0 Å². The van der Waals surface area contributed by atoms with Gasteiger partial charge in [-0.3, -0.25) is 0 Å². The van der Waals surface area contributed by atoms with E-state index in [0.717, 1.165) is 17.3 Å². The molecular weight excluding hydrogens is 264 g/mol. The number of nitrogens with one attached hydrogen (secondary N) is 2. The summed E-state index contributed by atoms with van der Waals surface area (Å²) in [4.78, 5) is 21.6. The average Bonchev–Trinajstić information content (AvgIpc) is 2.34. The van der Waals surface area contributed by atoms with E-state index >= 15 is 0 Å². The van der Waals surface area contributed by atoms with E-state index < -0.39 is 18.1 Å². The molecule has 0 aromatic rings. The number of carbonyl (C=O) groups excluding carboxylic acids is 1. The summed E-state index contributed by atoms with van der Waals surface area (Å²) >= 11 is 3.69. The Kier molecular flexibility index (Phi) is 6.53. The van der Waals surface area contributed by atoms with Gasteiger partial charge in [0.1, 0.15) is 0 Å². The molecule has 0 radical (unpaired) electrons. The Morgan fingerprint density at radius 3 is 2.71 bits per heavy atom. The maximum absolute atomic E-state index is 11.3. The Morgan fingerprint density at radius 2 is 2.12 bits per heavy atom. The number of aliphatic carboxylic acids is 1. The van der Waals surface area contributed by atoms with Gasteiger partial charge in [-0.15, -0.1) is 0 Å². The van der Waals surface area contributed by atoms with Crippen LogP contribution in [0, 0.1) is 0 Å². The molecule has 1 saturated heterocycles. The Labute approximate surface area is 108 Å². The second kappa shape index (κ2) is 7.67. The summed E-state index contributed by atoms with van der Waals surface area (Å²) < 4.78 is 0. The van der Waals surface area contributed by atoms with E-state index in [4.69, 9.17) is 10.2 Å². The zero-order valence-electron chi connectivity index (χ0n) is 9.22. The molecular formula is C9H16N2O4S2. The SMILES string of the molecule is O=C(NCC1CSCCS1)NCC(O)C(=O)O. The summed E-state index contributed by atoms with van der Waals surface area (Å²) in [5.74, 6) is 1.92. The molecule has 0 aliphatic carbocycles. The van der Waals surface area contributed by atoms with Crippen LogP contribution < -0.4 is 10.6 Å². The fourth-order valence-corrected chi connectivity index (χ4v) is 3.81. The predicted octanol–water partition coefficient (Wildman–Crippen LogP) is -0.420. The summed E-state index contributed by atoms with van der Waals surface area (Å²) in [5, 5.41) is 22.7. The van der Waals surface area contributed by atoms with Crippen LogP contribution in [0.3, 0.4) is 0 Å². The maximum atomic E-state index is 11.3. The smallest absolute Gasteiger partial charge is 0.334 e. The molecule has 98 valence electrons. The molecule has 0 aromatic carbocycles. The minimum Gasteiger partial charge on any atom is -0.479 e. The second-order valence-electron chi connectivity index (χ2n) is 3.51. The largest absolute Gasteiger partial charge is 0.479 e. The number of thioether (sulfide) groups is 2. The molecule has 2 atom stereocenters. The van der Waals surface area contributed by atoms with E-state index in [-0.39, 0.29) is 6.54 Å². The van der Waals surface area contributed by atoms with Gasteiger partial charge in [0, 0.05) is 29.1 Å². The lowest BCUT2D eigenvalue weighted by Crippen LogP contribution is -2.44. The highest BCUT2D eigenvalue weighted by Crippen LogP contribution is 2.23. The molecule has 0 saturated carbocycles. The number of hydrogen-bond donors (Lipinski definition) is 4. The number of carboxylic acid groups (broad SMARTS) is 1. The highest BCUT2D eigenvalue weighted by Gasteiger charge is 2.16. The Bertz CT molecular complexity index is 272. The van der Waals surface area contributed by atoms with Crippen LogP contribution in [0.15, 0.2) is 0 Å². The third-order valence-corrected chi connectivity index (χ3v) is 4.96. The van der Waals surface area contributed by atoms with Crippen LogP contribution in [0.4, 0.5) is 4.79 Å². The Morgan fingerprint density at radius 1 is 1.35 bits per heavy atom. The van der Waals surface area contributed by atoms with Gasteiger partial charge < -0.3 is 20.8 Å². The van der Waals surface area contributed by atoms with Gasteiger partial charge in [-0.2, -0.15) is 23.5 Å². The number of aliphatic hydroxyl groups is 1. The molecule has 4 N–H and O–H groups in total. The first-order valence-electron chi connectivity index (χ1n) is 5.21. The number of rotatable bonds is 5. The number of amides is 2. The molecule has 1 fully saturated rings. The minimum absolute atomic E-state index is 0.284. The van der Waals surface area contributed by atoms with E-state index in [2.05, 4.69) is 10.6 Å². The quantitative estimate of drug-likeness (QED) is 0.546. The monoisotopic (exact) mass is 280 g/mol. The summed E-state index contributed by atoms with van der Waals surface area (Å²) in [6.07, 6.45) is -1.56. The van der Waals surface area contributed by atoms with Crippen molar-refractivity contribution in [2.45, 2.75) is 11.4 Å². The molecule has 1 rings (SSSR count). The standard InChI is InChI=1S/C9H16N2O4S2/c12-7(8(13)14)4-11-9(15)10-3-6-5-16-1-2-17-6/h6-7,12H,1-5H2,(H,13,14)(H2,10,11,15). The zero-order chi connectivity index (χ0) is 12.7. The van der Waals surface area contributed by atoms with E-state index in [1.165, 1.54) is 0 Å². The summed E-state index contributed by atoms with van der Waals surface area (Å²) in [6.45, 7) is 0.278. The van der Waals surface area contributed by atoms with Crippen molar-refractivity contribution in [2.24, 2.45) is 0 Å². The van der Waals surface area contributed by atoms with Gasteiger partial charge in [0.15, 0.2) is 6.10 Å². The molecule has 0 bridgehead atoms. The summed E-state index contributed by atoms with van der Waals surface area (Å²) in [7, 11) is 0. The first-order valence-corrected chi connectivity index (χ1v) is 7.42. The fourth-order valence-electron chi connectivity index (χ4n) is 1.20. The third-order valence-electron chi connectivity index (χ3n) is 2.12. The van der Waals surface area contributed by atoms with Crippen LogP contribution >= 0.6 is 23.5 Å². The van der Waals surface area contributed by atoms with Crippen molar-refractivity contribution in [1.29, 1.82) is 0 Å². The van der Waals surface area contributed by atoms with E-state index in [9.17, 15) is 9.59 Å². The van der Waals surface area contributed by atoms with Crippen molar-refractivity contribution in [2.75, 3.05) is 30.3 Å². The van der Waals surface area contributed by atoms with E-state index in [0.29, 0.717) is 11.8 Å². The van der Waals surface area contributed by atoms with Crippen LogP contribution in [0.1, 0.15) is 0 Å². The van der Waals surface area contributed by atoms with E-state index in [1.54, 1.807) is 0 Å². The number of carboxylic acids is 1. The van der Waals surface area contributed by atoms with Gasteiger partial charge in [0.2, 0.25) is 0 Å². The van der Waals surface area contributed by atoms with Crippen molar-refractivity contribution in [1.82, 2.24) is 10.6 Å². The first-order chi connectivity index (χ1) is 8.09. The molecule has 0 aromatic heterocycles. The van der Waals surface area contributed by atoms with Crippen LogP contribution in [0.5, 0.6) is 0 Å². The van der Waals surface area contributed by atoms with Crippen LogP contribution in [0.2, 0.25) is 0 Å². The second-order valence-corrected chi connectivity index (χ2v) is 6.07. The normalized spacial score (nSPS) is 21.6. The van der Waals surface area contributed by atoms with Crippen molar-refractivity contribution in [3.63, 3.8) is 0 Å². The molecule has 1 heterocycles. The lowest BCUT2D eigenvalue weighted by atomic mass is 10.3. The zero-order valence-corrected chi connectivity index (χ0v) is 10.9. The molecule has 0 spiro atoms. The van der Waals surface area contributed by atoms with Gasteiger partial charge in [0.25, 0.3) is 0 Å². The van der Waals surface area contributed by atoms with E-state index in [1.807, 2.05) is 23.5 Å². The highest BCUT2D eigenvalue weighted by atomic mass is 32.2. The minimum atomic E-state index is -1.56. The molecule has 8 heteroatoms. The van der Waals surface area contributed by atoms with Gasteiger partial charge >= 0.3 is 12.0 Å². The van der Waals surface area contributed by atoms with Crippen LogP contribution in [-0.2, 0) is 4.79 Å². The predicted molar refractivity (Wildman–Crippen MR) is 68.6 cm³/mol. The fraction of sp³-hybridized carbons (Fsp3) is 0.778. The third kappa shape index (κ3) is 6.04. The topological polar surface area (TPSA) is 98.7 Å². The van der Waals surface area contributed by atoms with Gasteiger partial charge in [0.05, 0.1) is 6.54 Å². The van der Waals surface area contributed by atoms with Crippen LogP contribution in [-0.4, -0.2) is 63.9 Å². The van der Waals surface area contributed by atoms with Gasteiger partial charge in [-0.05, 0) is 0 Å². The van der Waals surface area contributed by atoms with Crippen LogP contribution in [0.25, 0.3) is 0 Å².